The first-order valence-corrected chi connectivity index (χ1v) is 6.91. The summed E-state index contributed by atoms with van der Waals surface area (Å²) < 4.78 is 14.8. The molecule has 1 N–H and O–H groups in total. The van der Waals surface area contributed by atoms with E-state index in [0.717, 1.165) is 11.1 Å². The Kier molecular flexibility index (Phi) is 3.58. The zero-order chi connectivity index (χ0) is 15.7. The Morgan fingerprint density at radius 2 is 2.00 bits per heavy atom. The van der Waals surface area contributed by atoms with Gasteiger partial charge in [0.1, 0.15) is 11.6 Å². The summed E-state index contributed by atoms with van der Waals surface area (Å²) in [4.78, 5) is 18.4. The largest absolute Gasteiger partial charge is 0.311 e. The average molecular weight is 298 g/mol. The third-order valence-electron chi connectivity index (χ3n) is 3.51. The second-order valence-corrected chi connectivity index (χ2v) is 5.15. The van der Waals surface area contributed by atoms with E-state index in [9.17, 15) is 9.18 Å². The molecule has 0 bridgehead atoms. The smallest absolute Gasteiger partial charge is 0.251 e. The van der Waals surface area contributed by atoms with E-state index in [0.29, 0.717) is 11.5 Å². The molecule has 0 spiro atoms. The van der Waals surface area contributed by atoms with Crippen LogP contribution in [0, 0.1) is 12.7 Å². The summed E-state index contributed by atoms with van der Waals surface area (Å²) in [7, 11) is 0. The first-order chi connectivity index (χ1) is 10.5. The van der Waals surface area contributed by atoms with Crippen LogP contribution in [0.25, 0.3) is 11.3 Å². The van der Waals surface area contributed by atoms with Gasteiger partial charge in [-0.3, -0.25) is 9.48 Å². The zero-order valence-corrected chi connectivity index (χ0v) is 12.2. The Labute approximate surface area is 126 Å². The van der Waals surface area contributed by atoms with Crippen molar-refractivity contribution in [3.63, 3.8) is 0 Å². The fourth-order valence-electron chi connectivity index (χ4n) is 2.30. The highest BCUT2D eigenvalue weighted by molar-refractivity contribution is 5.56. The van der Waals surface area contributed by atoms with Gasteiger partial charge in [0.2, 0.25) is 0 Å². The van der Waals surface area contributed by atoms with Crippen LogP contribution in [0.1, 0.15) is 24.4 Å². The van der Waals surface area contributed by atoms with Crippen molar-refractivity contribution in [2.45, 2.75) is 19.9 Å². The van der Waals surface area contributed by atoms with E-state index in [2.05, 4.69) is 15.1 Å². The molecule has 112 valence electrons. The Hall–Kier alpha value is -2.76. The molecule has 0 aliphatic heterocycles. The third-order valence-corrected chi connectivity index (χ3v) is 3.51. The van der Waals surface area contributed by atoms with Gasteiger partial charge >= 0.3 is 0 Å². The van der Waals surface area contributed by atoms with Crippen molar-refractivity contribution in [1.82, 2.24) is 19.7 Å². The molecule has 1 aromatic carbocycles. The van der Waals surface area contributed by atoms with Crippen molar-refractivity contribution in [1.29, 1.82) is 0 Å². The molecule has 0 fully saturated rings. The number of nitrogens with one attached hydrogen (secondary N) is 1. The summed E-state index contributed by atoms with van der Waals surface area (Å²) in [5.41, 5.74) is 2.11. The van der Waals surface area contributed by atoms with Crippen molar-refractivity contribution in [2.24, 2.45) is 0 Å². The standard InChI is InChI=1S/C16H15FN4O/c1-10(12-3-5-14(17)6-4-12)21-9-13(8-18-21)15-7-16(22)20-11(2)19-15/h3-10H,1-2H3,(H,19,20,22). The van der Waals surface area contributed by atoms with Crippen molar-refractivity contribution < 1.29 is 4.39 Å². The van der Waals surface area contributed by atoms with E-state index in [-0.39, 0.29) is 17.4 Å². The van der Waals surface area contributed by atoms with E-state index < -0.39 is 0 Å². The van der Waals surface area contributed by atoms with Crippen molar-refractivity contribution in [2.75, 3.05) is 0 Å². The first-order valence-electron chi connectivity index (χ1n) is 6.91. The molecule has 0 saturated carbocycles. The molecule has 3 aromatic rings. The predicted octanol–water partition coefficient (Wildman–Crippen LogP) is 2.69. The number of hydrogen-bond acceptors (Lipinski definition) is 3. The number of aromatic amines is 1. The lowest BCUT2D eigenvalue weighted by Crippen LogP contribution is -2.08. The van der Waals surface area contributed by atoms with Crippen LogP contribution in [-0.4, -0.2) is 19.7 Å². The molecule has 0 aliphatic rings. The highest BCUT2D eigenvalue weighted by Gasteiger charge is 2.11. The van der Waals surface area contributed by atoms with Crippen LogP contribution >= 0.6 is 0 Å². The number of aryl methyl sites for hydroxylation is 1. The van der Waals surface area contributed by atoms with Gasteiger partial charge < -0.3 is 4.98 Å². The number of benzene rings is 1. The fraction of sp³-hybridized carbons (Fsp3) is 0.188. The highest BCUT2D eigenvalue weighted by atomic mass is 19.1. The van der Waals surface area contributed by atoms with Gasteiger partial charge in [0.15, 0.2) is 0 Å². The molecular formula is C16H15FN4O. The lowest BCUT2D eigenvalue weighted by molar-refractivity contribution is 0.561. The van der Waals surface area contributed by atoms with E-state index in [1.54, 1.807) is 29.9 Å². The Bertz CT molecular complexity index is 851. The third kappa shape index (κ3) is 2.81. The van der Waals surface area contributed by atoms with Gasteiger partial charge in [-0.1, -0.05) is 12.1 Å². The summed E-state index contributed by atoms with van der Waals surface area (Å²) >= 11 is 0. The van der Waals surface area contributed by atoms with Crippen molar-refractivity contribution >= 4 is 0 Å². The fourth-order valence-corrected chi connectivity index (χ4v) is 2.30. The minimum atomic E-state index is -0.264. The molecular weight excluding hydrogens is 283 g/mol. The van der Waals surface area contributed by atoms with Crippen molar-refractivity contribution in [3.8, 4) is 11.3 Å². The summed E-state index contributed by atoms with van der Waals surface area (Å²) in [6.45, 7) is 3.71. The van der Waals surface area contributed by atoms with Crippen LogP contribution in [-0.2, 0) is 0 Å². The van der Waals surface area contributed by atoms with Crippen LogP contribution in [0.5, 0.6) is 0 Å². The zero-order valence-electron chi connectivity index (χ0n) is 12.2. The molecule has 0 amide bonds. The van der Waals surface area contributed by atoms with Crippen LogP contribution in [0.2, 0.25) is 0 Å². The maximum Gasteiger partial charge on any atom is 0.251 e. The molecule has 0 radical (unpaired) electrons. The first kappa shape index (κ1) is 14.2. The normalized spacial score (nSPS) is 12.3. The molecule has 2 aromatic heterocycles. The summed E-state index contributed by atoms with van der Waals surface area (Å²) in [6, 6.07) is 7.72. The lowest BCUT2D eigenvalue weighted by Gasteiger charge is -2.12. The van der Waals surface area contributed by atoms with Gasteiger partial charge in [-0.15, -0.1) is 0 Å². The van der Waals surface area contributed by atoms with Gasteiger partial charge in [-0.2, -0.15) is 5.10 Å². The minimum absolute atomic E-state index is 0.0440. The monoisotopic (exact) mass is 298 g/mol. The quantitative estimate of drug-likeness (QED) is 0.808. The molecule has 0 saturated heterocycles. The topological polar surface area (TPSA) is 63.6 Å². The number of aromatic nitrogens is 4. The Balaban J connectivity index is 1.93. The number of halogens is 1. The highest BCUT2D eigenvalue weighted by Crippen LogP contribution is 2.21. The molecule has 1 unspecified atom stereocenters. The van der Waals surface area contributed by atoms with Gasteiger partial charge in [0.25, 0.3) is 5.56 Å². The van der Waals surface area contributed by atoms with Crippen LogP contribution in [0.15, 0.2) is 47.5 Å². The van der Waals surface area contributed by atoms with Crippen LogP contribution in [0.3, 0.4) is 0 Å². The van der Waals surface area contributed by atoms with Gasteiger partial charge in [-0.05, 0) is 31.5 Å². The summed E-state index contributed by atoms with van der Waals surface area (Å²) in [6.07, 6.45) is 3.50. The lowest BCUT2D eigenvalue weighted by atomic mass is 10.1. The van der Waals surface area contributed by atoms with Crippen molar-refractivity contribution in [3.05, 3.63) is 70.3 Å². The molecule has 1 atom stereocenters. The van der Waals surface area contributed by atoms with Gasteiger partial charge in [0.05, 0.1) is 17.9 Å². The second kappa shape index (κ2) is 5.55. The SMILES string of the molecule is Cc1nc(-c2cnn(C(C)c3ccc(F)cc3)c2)cc(=O)[nH]1. The molecule has 2 heterocycles. The number of rotatable bonds is 3. The summed E-state index contributed by atoms with van der Waals surface area (Å²) in [5.74, 6) is 0.294. The Morgan fingerprint density at radius 3 is 2.68 bits per heavy atom. The van der Waals surface area contributed by atoms with Gasteiger partial charge in [-0.25, -0.2) is 9.37 Å². The average Bonchev–Trinajstić information content (AvgIpc) is 2.96. The van der Waals surface area contributed by atoms with Crippen LogP contribution < -0.4 is 5.56 Å². The van der Waals surface area contributed by atoms with Crippen LogP contribution in [0.4, 0.5) is 4.39 Å². The molecule has 6 heteroatoms. The molecule has 3 rings (SSSR count). The number of nitrogens with zero attached hydrogens (tertiary/aromatic N) is 3. The summed E-state index contributed by atoms with van der Waals surface area (Å²) in [5, 5.41) is 4.32. The molecule has 22 heavy (non-hydrogen) atoms. The van der Waals surface area contributed by atoms with E-state index in [4.69, 9.17) is 0 Å². The molecule has 5 nitrogen and oxygen atoms in total. The number of hydrogen-bond donors (Lipinski definition) is 1. The van der Waals surface area contributed by atoms with E-state index in [1.165, 1.54) is 18.2 Å². The predicted molar refractivity (Wildman–Crippen MR) is 81.0 cm³/mol. The van der Waals surface area contributed by atoms with E-state index >= 15 is 0 Å². The number of H-pyrrole nitrogens is 1. The minimum Gasteiger partial charge on any atom is -0.311 e. The second-order valence-electron chi connectivity index (χ2n) is 5.15. The maximum absolute atomic E-state index is 13.0. The Morgan fingerprint density at radius 1 is 1.27 bits per heavy atom. The van der Waals surface area contributed by atoms with E-state index in [1.807, 2.05) is 13.1 Å². The van der Waals surface area contributed by atoms with Gasteiger partial charge in [0, 0.05) is 17.8 Å². The maximum atomic E-state index is 13.0. The molecule has 0 aliphatic carbocycles.